The van der Waals surface area contributed by atoms with E-state index in [1.807, 2.05) is 6.92 Å². The van der Waals surface area contributed by atoms with Crippen molar-refractivity contribution in [2.45, 2.75) is 56.5 Å². The fourth-order valence-corrected chi connectivity index (χ4v) is 5.34. The molecule has 2 aliphatic rings. The Morgan fingerprint density at radius 3 is 2.64 bits per heavy atom. The Labute approximate surface area is 167 Å². The van der Waals surface area contributed by atoms with E-state index in [1.54, 1.807) is 18.2 Å². The molecule has 156 valence electrons. The SMILES string of the molecule is C[C@H](N[C@H]1CCCC[C@@H]1C)C(=O)Nc1cccc(S(=O)(=O)N2CCOCC2)c1. The molecule has 1 aliphatic heterocycles. The lowest BCUT2D eigenvalue weighted by Crippen LogP contribution is -2.47. The Kier molecular flexibility index (Phi) is 7.09. The molecule has 0 aromatic heterocycles. The largest absolute Gasteiger partial charge is 0.379 e. The number of nitrogens with zero attached hydrogens (tertiary/aromatic N) is 1. The third-order valence-corrected chi connectivity index (χ3v) is 7.57. The van der Waals surface area contributed by atoms with Gasteiger partial charge in [0.2, 0.25) is 15.9 Å². The number of hydrogen-bond donors (Lipinski definition) is 2. The molecule has 3 atom stereocenters. The lowest BCUT2D eigenvalue weighted by molar-refractivity contribution is -0.118. The number of anilines is 1. The number of ether oxygens (including phenoxy) is 1. The van der Waals surface area contributed by atoms with Gasteiger partial charge in [-0.3, -0.25) is 4.79 Å². The molecule has 1 amide bonds. The molecule has 7 nitrogen and oxygen atoms in total. The number of rotatable bonds is 6. The van der Waals surface area contributed by atoms with Gasteiger partial charge < -0.3 is 15.4 Å². The topological polar surface area (TPSA) is 87.7 Å². The molecule has 0 radical (unpaired) electrons. The first-order valence-corrected chi connectivity index (χ1v) is 11.6. The summed E-state index contributed by atoms with van der Waals surface area (Å²) in [5.74, 6) is 0.407. The Hall–Kier alpha value is -1.48. The number of benzene rings is 1. The van der Waals surface area contributed by atoms with E-state index < -0.39 is 10.0 Å². The first kappa shape index (κ1) is 21.2. The van der Waals surface area contributed by atoms with Crippen molar-refractivity contribution < 1.29 is 17.9 Å². The van der Waals surface area contributed by atoms with Crippen molar-refractivity contribution in [1.82, 2.24) is 9.62 Å². The van der Waals surface area contributed by atoms with Crippen LogP contribution in [-0.4, -0.2) is 57.0 Å². The predicted molar refractivity (Wildman–Crippen MR) is 109 cm³/mol. The van der Waals surface area contributed by atoms with Gasteiger partial charge >= 0.3 is 0 Å². The molecule has 0 spiro atoms. The zero-order chi connectivity index (χ0) is 20.1. The van der Waals surface area contributed by atoms with Gasteiger partial charge in [0, 0.05) is 24.8 Å². The molecule has 1 saturated carbocycles. The number of carbonyl (C=O) groups is 1. The van der Waals surface area contributed by atoms with Crippen LogP contribution in [0.3, 0.4) is 0 Å². The third kappa shape index (κ3) is 5.11. The van der Waals surface area contributed by atoms with Gasteiger partial charge in [-0.25, -0.2) is 8.42 Å². The fraction of sp³-hybridized carbons (Fsp3) is 0.650. The van der Waals surface area contributed by atoms with Crippen molar-refractivity contribution in [2.75, 3.05) is 31.6 Å². The van der Waals surface area contributed by atoms with Crippen molar-refractivity contribution in [2.24, 2.45) is 5.92 Å². The minimum atomic E-state index is -3.58. The molecule has 1 saturated heterocycles. The Balaban J connectivity index is 1.64. The second-order valence-electron chi connectivity index (χ2n) is 7.79. The monoisotopic (exact) mass is 409 g/mol. The van der Waals surface area contributed by atoms with Gasteiger partial charge in [0.15, 0.2) is 0 Å². The summed E-state index contributed by atoms with van der Waals surface area (Å²) in [4.78, 5) is 12.8. The normalized spacial score (nSPS) is 25.2. The summed E-state index contributed by atoms with van der Waals surface area (Å²) in [5.41, 5.74) is 0.490. The van der Waals surface area contributed by atoms with Crippen molar-refractivity contribution in [3.8, 4) is 0 Å². The van der Waals surface area contributed by atoms with Crippen LogP contribution >= 0.6 is 0 Å². The maximum absolute atomic E-state index is 12.8. The summed E-state index contributed by atoms with van der Waals surface area (Å²) < 4.78 is 32.3. The van der Waals surface area contributed by atoms with Crippen molar-refractivity contribution >= 4 is 21.6 Å². The van der Waals surface area contributed by atoms with Crippen LogP contribution < -0.4 is 10.6 Å². The Morgan fingerprint density at radius 1 is 1.21 bits per heavy atom. The second-order valence-corrected chi connectivity index (χ2v) is 9.73. The Bertz CT molecular complexity index is 777. The molecule has 1 heterocycles. The molecular weight excluding hydrogens is 378 g/mol. The van der Waals surface area contributed by atoms with Crippen molar-refractivity contribution in [3.63, 3.8) is 0 Å². The number of nitrogens with one attached hydrogen (secondary N) is 2. The van der Waals surface area contributed by atoms with Crippen LogP contribution in [0.25, 0.3) is 0 Å². The molecule has 1 aromatic rings. The van der Waals surface area contributed by atoms with Crippen LogP contribution in [0.2, 0.25) is 0 Å². The maximum Gasteiger partial charge on any atom is 0.243 e. The van der Waals surface area contributed by atoms with E-state index in [-0.39, 0.29) is 16.8 Å². The lowest BCUT2D eigenvalue weighted by atomic mass is 9.85. The average molecular weight is 410 g/mol. The van der Waals surface area contributed by atoms with Gasteiger partial charge in [-0.15, -0.1) is 0 Å². The molecule has 28 heavy (non-hydrogen) atoms. The van der Waals surface area contributed by atoms with E-state index in [9.17, 15) is 13.2 Å². The van der Waals surface area contributed by atoms with Crippen molar-refractivity contribution in [3.05, 3.63) is 24.3 Å². The Morgan fingerprint density at radius 2 is 1.93 bits per heavy atom. The number of morpholine rings is 1. The van der Waals surface area contributed by atoms with E-state index in [0.29, 0.717) is 44.0 Å². The van der Waals surface area contributed by atoms with Crippen LogP contribution in [0.4, 0.5) is 5.69 Å². The summed E-state index contributed by atoms with van der Waals surface area (Å²) in [5, 5.41) is 6.29. The highest BCUT2D eigenvalue weighted by Gasteiger charge is 2.27. The number of amides is 1. The highest BCUT2D eigenvalue weighted by Crippen LogP contribution is 2.24. The number of hydrogen-bond acceptors (Lipinski definition) is 5. The average Bonchev–Trinajstić information content (AvgIpc) is 2.70. The van der Waals surface area contributed by atoms with Gasteiger partial charge in [0.25, 0.3) is 0 Å². The van der Waals surface area contributed by atoms with E-state index >= 15 is 0 Å². The van der Waals surface area contributed by atoms with E-state index in [4.69, 9.17) is 4.74 Å². The molecule has 2 fully saturated rings. The molecule has 3 rings (SSSR count). The van der Waals surface area contributed by atoms with E-state index in [2.05, 4.69) is 17.6 Å². The first-order chi connectivity index (χ1) is 13.4. The summed E-state index contributed by atoms with van der Waals surface area (Å²) in [6, 6.07) is 6.47. The van der Waals surface area contributed by atoms with E-state index in [1.165, 1.54) is 29.6 Å². The standard InChI is InChI=1S/C20H31N3O4S/c1-15-6-3-4-9-19(15)21-16(2)20(24)22-17-7-5-8-18(14-17)28(25,26)23-10-12-27-13-11-23/h5,7-8,14-16,19,21H,3-4,6,9-13H2,1-2H3,(H,22,24)/t15-,16-,19-/m0/s1. The quantitative estimate of drug-likeness (QED) is 0.752. The minimum absolute atomic E-state index is 0.154. The fourth-order valence-electron chi connectivity index (χ4n) is 3.88. The molecule has 1 aromatic carbocycles. The van der Waals surface area contributed by atoms with Crippen LogP contribution in [0.1, 0.15) is 39.5 Å². The molecule has 0 bridgehead atoms. The zero-order valence-electron chi connectivity index (χ0n) is 16.7. The van der Waals surface area contributed by atoms with Gasteiger partial charge in [-0.05, 0) is 43.9 Å². The summed E-state index contributed by atoms with van der Waals surface area (Å²) >= 11 is 0. The smallest absolute Gasteiger partial charge is 0.243 e. The van der Waals surface area contributed by atoms with Gasteiger partial charge in [-0.2, -0.15) is 4.31 Å². The van der Waals surface area contributed by atoms with Crippen LogP contribution in [-0.2, 0) is 19.6 Å². The highest BCUT2D eigenvalue weighted by molar-refractivity contribution is 7.89. The van der Waals surface area contributed by atoms with Crippen LogP contribution in [0.5, 0.6) is 0 Å². The van der Waals surface area contributed by atoms with E-state index in [0.717, 1.165) is 6.42 Å². The molecule has 1 aliphatic carbocycles. The molecule has 8 heteroatoms. The first-order valence-electron chi connectivity index (χ1n) is 10.1. The summed E-state index contributed by atoms with van der Waals surface area (Å²) in [6.45, 7) is 5.57. The lowest BCUT2D eigenvalue weighted by Gasteiger charge is -2.31. The minimum Gasteiger partial charge on any atom is -0.379 e. The summed E-state index contributed by atoms with van der Waals surface area (Å²) in [7, 11) is -3.58. The molecule has 0 unspecified atom stereocenters. The molecular formula is C20H31N3O4S. The number of carbonyl (C=O) groups excluding carboxylic acids is 1. The predicted octanol–water partition coefficient (Wildman–Crippen LogP) is 2.20. The third-order valence-electron chi connectivity index (χ3n) is 5.68. The second kappa shape index (κ2) is 9.35. The molecule has 2 N–H and O–H groups in total. The van der Waals surface area contributed by atoms with Gasteiger partial charge in [-0.1, -0.05) is 25.8 Å². The number of sulfonamides is 1. The zero-order valence-corrected chi connectivity index (χ0v) is 17.5. The highest BCUT2D eigenvalue weighted by atomic mass is 32.2. The van der Waals surface area contributed by atoms with Crippen LogP contribution in [0.15, 0.2) is 29.2 Å². The van der Waals surface area contributed by atoms with Crippen molar-refractivity contribution in [1.29, 1.82) is 0 Å². The van der Waals surface area contributed by atoms with Gasteiger partial charge in [0.05, 0.1) is 24.2 Å². The van der Waals surface area contributed by atoms with Gasteiger partial charge in [0.1, 0.15) is 0 Å². The van der Waals surface area contributed by atoms with Crippen LogP contribution in [0, 0.1) is 5.92 Å². The maximum atomic E-state index is 12.8. The summed E-state index contributed by atoms with van der Waals surface area (Å²) in [6.07, 6.45) is 4.72.